The number of aromatic nitrogens is 2. The van der Waals surface area contributed by atoms with Crippen LogP contribution in [0.2, 0.25) is 0 Å². The summed E-state index contributed by atoms with van der Waals surface area (Å²) < 4.78 is 0. The highest BCUT2D eigenvalue weighted by Gasteiger charge is 2.22. The lowest BCUT2D eigenvalue weighted by Crippen LogP contribution is -2.20. The molecule has 3 nitrogen and oxygen atoms in total. The highest BCUT2D eigenvalue weighted by atomic mass is 32.2. The molecule has 3 rings (SSSR count). The maximum atomic E-state index is 12.1. The molecule has 2 aliphatic rings. The summed E-state index contributed by atoms with van der Waals surface area (Å²) >= 11 is 1.93. The zero-order valence-electron chi connectivity index (χ0n) is 10.00. The third-order valence-electron chi connectivity index (χ3n) is 3.69. The number of thioether (sulfide) groups is 1. The van der Waals surface area contributed by atoms with Gasteiger partial charge in [0.1, 0.15) is 5.82 Å². The fourth-order valence-electron chi connectivity index (χ4n) is 2.75. The number of hydrogen-bond acceptors (Lipinski definition) is 3. The highest BCUT2D eigenvalue weighted by Crippen LogP contribution is 2.38. The van der Waals surface area contributed by atoms with Gasteiger partial charge < -0.3 is 4.98 Å². The van der Waals surface area contributed by atoms with Gasteiger partial charge in [0, 0.05) is 5.56 Å². The molecule has 1 saturated heterocycles. The van der Waals surface area contributed by atoms with E-state index in [-0.39, 0.29) is 5.56 Å². The van der Waals surface area contributed by atoms with Crippen molar-refractivity contribution in [3.05, 3.63) is 27.4 Å². The van der Waals surface area contributed by atoms with Crippen molar-refractivity contribution < 1.29 is 0 Å². The number of rotatable bonds is 1. The Morgan fingerprint density at radius 2 is 2.06 bits per heavy atom. The molecule has 1 N–H and O–H groups in total. The number of aromatic amines is 1. The minimum absolute atomic E-state index is 0.124. The maximum Gasteiger partial charge on any atom is 0.254 e. The van der Waals surface area contributed by atoms with E-state index in [1.807, 2.05) is 11.8 Å². The van der Waals surface area contributed by atoms with Crippen LogP contribution in [0.3, 0.4) is 0 Å². The normalized spacial score (nSPS) is 24.4. The molecule has 0 saturated carbocycles. The topological polar surface area (TPSA) is 45.8 Å². The van der Waals surface area contributed by atoms with Crippen LogP contribution < -0.4 is 5.56 Å². The van der Waals surface area contributed by atoms with Gasteiger partial charge in [-0.1, -0.05) is 6.42 Å². The lowest BCUT2D eigenvalue weighted by molar-refractivity contribution is 0.706. The first-order chi connectivity index (χ1) is 8.34. The van der Waals surface area contributed by atoms with Crippen LogP contribution in [-0.4, -0.2) is 15.7 Å². The highest BCUT2D eigenvalue weighted by molar-refractivity contribution is 7.99. The average molecular weight is 250 g/mol. The van der Waals surface area contributed by atoms with Crippen molar-refractivity contribution in [3.8, 4) is 0 Å². The van der Waals surface area contributed by atoms with E-state index in [2.05, 4.69) is 4.98 Å². The smallest absolute Gasteiger partial charge is 0.254 e. The van der Waals surface area contributed by atoms with Crippen LogP contribution >= 0.6 is 11.8 Å². The summed E-state index contributed by atoms with van der Waals surface area (Å²) in [6.45, 7) is 0. The van der Waals surface area contributed by atoms with Crippen LogP contribution in [0.15, 0.2) is 4.79 Å². The second-order valence-corrected chi connectivity index (χ2v) is 6.25. The van der Waals surface area contributed by atoms with Gasteiger partial charge in [0.2, 0.25) is 0 Å². The van der Waals surface area contributed by atoms with Crippen molar-refractivity contribution in [2.75, 3.05) is 5.75 Å². The van der Waals surface area contributed by atoms with E-state index in [1.165, 1.54) is 25.0 Å². The number of H-pyrrole nitrogens is 1. The summed E-state index contributed by atoms with van der Waals surface area (Å²) in [7, 11) is 0. The molecule has 1 aliphatic carbocycles. The first-order valence-corrected chi connectivity index (χ1v) is 7.63. The molecule has 1 atom stereocenters. The molecule has 4 heteroatoms. The molecule has 0 aromatic carbocycles. The zero-order valence-corrected chi connectivity index (χ0v) is 10.8. The van der Waals surface area contributed by atoms with Crippen LogP contribution in [0.5, 0.6) is 0 Å². The molecule has 1 unspecified atom stereocenters. The summed E-state index contributed by atoms with van der Waals surface area (Å²) in [5, 5.41) is 0.427. The molecule has 1 aliphatic heterocycles. The Balaban J connectivity index is 1.99. The molecule has 0 amide bonds. The average Bonchev–Trinajstić information content (AvgIpc) is 2.75. The van der Waals surface area contributed by atoms with Crippen molar-refractivity contribution in [1.82, 2.24) is 9.97 Å². The van der Waals surface area contributed by atoms with Gasteiger partial charge in [0.25, 0.3) is 5.56 Å². The van der Waals surface area contributed by atoms with Gasteiger partial charge in [0.15, 0.2) is 0 Å². The van der Waals surface area contributed by atoms with E-state index in [0.29, 0.717) is 5.25 Å². The van der Waals surface area contributed by atoms with Gasteiger partial charge in [-0.15, -0.1) is 0 Å². The van der Waals surface area contributed by atoms with Crippen molar-refractivity contribution in [2.45, 2.75) is 50.2 Å². The van der Waals surface area contributed by atoms with Gasteiger partial charge in [0.05, 0.1) is 10.9 Å². The molecule has 2 heterocycles. The van der Waals surface area contributed by atoms with E-state index in [0.717, 1.165) is 42.8 Å². The molecular formula is C13H18N2OS. The monoisotopic (exact) mass is 250 g/mol. The molecular weight excluding hydrogens is 232 g/mol. The molecule has 0 spiro atoms. The van der Waals surface area contributed by atoms with Crippen molar-refractivity contribution in [2.24, 2.45) is 0 Å². The van der Waals surface area contributed by atoms with Crippen LogP contribution in [0.1, 0.15) is 54.4 Å². The number of aryl methyl sites for hydroxylation is 1. The Kier molecular flexibility index (Phi) is 3.23. The Labute approximate surface area is 105 Å². The third-order valence-corrected chi connectivity index (χ3v) is 5.08. The lowest BCUT2D eigenvalue weighted by Gasteiger charge is -2.11. The predicted octanol–water partition coefficient (Wildman–Crippen LogP) is 2.61. The van der Waals surface area contributed by atoms with Crippen LogP contribution in [0, 0.1) is 0 Å². The quantitative estimate of drug-likeness (QED) is 0.779. The second-order valence-electron chi connectivity index (χ2n) is 4.94. The summed E-state index contributed by atoms with van der Waals surface area (Å²) in [6, 6.07) is 0. The predicted molar refractivity (Wildman–Crippen MR) is 70.5 cm³/mol. The minimum atomic E-state index is 0.124. The number of nitrogens with one attached hydrogen (secondary N) is 1. The summed E-state index contributed by atoms with van der Waals surface area (Å²) in [6.07, 6.45) is 7.85. The molecule has 92 valence electrons. The Morgan fingerprint density at radius 3 is 2.88 bits per heavy atom. The van der Waals surface area contributed by atoms with E-state index in [1.54, 1.807) is 0 Å². The SMILES string of the molecule is O=c1[nH]c(C2CCCS2)nc2c1CCCCC2. The fraction of sp³-hybridized carbons (Fsp3) is 0.692. The standard InChI is InChI=1S/C13H18N2OS/c16-13-9-5-2-1-3-6-10(9)14-12(15-13)11-7-4-8-17-11/h11H,1-8H2,(H,14,15,16). The van der Waals surface area contributed by atoms with Crippen molar-refractivity contribution in [1.29, 1.82) is 0 Å². The first kappa shape index (κ1) is 11.3. The van der Waals surface area contributed by atoms with E-state index in [4.69, 9.17) is 4.98 Å². The van der Waals surface area contributed by atoms with Gasteiger partial charge >= 0.3 is 0 Å². The van der Waals surface area contributed by atoms with Gasteiger partial charge in [-0.25, -0.2) is 4.98 Å². The summed E-state index contributed by atoms with van der Waals surface area (Å²) in [4.78, 5) is 19.8. The van der Waals surface area contributed by atoms with Crippen molar-refractivity contribution in [3.63, 3.8) is 0 Å². The summed E-state index contributed by atoms with van der Waals surface area (Å²) in [5.74, 6) is 2.13. The molecule has 1 aromatic heterocycles. The Bertz CT molecular complexity index is 463. The summed E-state index contributed by atoms with van der Waals surface area (Å²) in [5.41, 5.74) is 2.15. The van der Waals surface area contributed by atoms with Crippen LogP contribution in [0.25, 0.3) is 0 Å². The van der Waals surface area contributed by atoms with Crippen molar-refractivity contribution >= 4 is 11.8 Å². The molecule has 1 aromatic rings. The van der Waals surface area contributed by atoms with Gasteiger partial charge in [-0.05, 0) is 44.3 Å². The van der Waals surface area contributed by atoms with Gasteiger partial charge in [-0.2, -0.15) is 11.8 Å². The second kappa shape index (κ2) is 4.84. The number of fused-ring (bicyclic) bond motifs is 1. The number of hydrogen-bond donors (Lipinski definition) is 1. The molecule has 1 fully saturated rings. The first-order valence-electron chi connectivity index (χ1n) is 6.58. The van der Waals surface area contributed by atoms with Gasteiger partial charge in [-0.3, -0.25) is 4.79 Å². The largest absolute Gasteiger partial charge is 0.309 e. The van der Waals surface area contributed by atoms with Crippen LogP contribution in [-0.2, 0) is 12.8 Å². The molecule has 17 heavy (non-hydrogen) atoms. The van der Waals surface area contributed by atoms with E-state index >= 15 is 0 Å². The lowest BCUT2D eigenvalue weighted by atomic mass is 10.1. The zero-order chi connectivity index (χ0) is 11.7. The van der Waals surface area contributed by atoms with E-state index < -0.39 is 0 Å². The third kappa shape index (κ3) is 2.28. The Hall–Kier alpha value is -0.770. The molecule has 0 bridgehead atoms. The number of nitrogens with zero attached hydrogens (tertiary/aromatic N) is 1. The van der Waals surface area contributed by atoms with E-state index in [9.17, 15) is 4.79 Å². The molecule has 0 radical (unpaired) electrons. The maximum absolute atomic E-state index is 12.1. The minimum Gasteiger partial charge on any atom is -0.309 e. The van der Waals surface area contributed by atoms with Crippen LogP contribution in [0.4, 0.5) is 0 Å². The fourth-order valence-corrected chi connectivity index (χ4v) is 3.97. The Morgan fingerprint density at radius 1 is 1.18 bits per heavy atom.